The van der Waals surface area contributed by atoms with Crippen molar-refractivity contribution in [3.05, 3.63) is 34.3 Å². The lowest BCUT2D eigenvalue weighted by atomic mass is 9.86. The van der Waals surface area contributed by atoms with Crippen LogP contribution in [0.15, 0.2) is 28.7 Å². The summed E-state index contributed by atoms with van der Waals surface area (Å²) in [6, 6.07) is 8.23. The monoisotopic (exact) mass is 299 g/mol. The van der Waals surface area contributed by atoms with E-state index in [2.05, 4.69) is 40.0 Å². The maximum atomic E-state index is 9.39. The van der Waals surface area contributed by atoms with Gasteiger partial charge in [-0.2, -0.15) is 0 Å². The molecule has 94 valence electrons. The minimum absolute atomic E-state index is 0.0456. The Balaban J connectivity index is 1.93. The van der Waals surface area contributed by atoms with Gasteiger partial charge in [0.05, 0.1) is 25.2 Å². The maximum Gasteiger partial charge on any atom is 0.0579 e. The van der Waals surface area contributed by atoms with Gasteiger partial charge in [-0.1, -0.05) is 34.1 Å². The van der Waals surface area contributed by atoms with Gasteiger partial charge >= 0.3 is 0 Å². The van der Waals surface area contributed by atoms with Gasteiger partial charge in [0.2, 0.25) is 0 Å². The van der Waals surface area contributed by atoms with Crippen LogP contribution >= 0.6 is 15.9 Å². The first kappa shape index (κ1) is 13.0. The van der Waals surface area contributed by atoms with Gasteiger partial charge in [0.1, 0.15) is 0 Å². The quantitative estimate of drug-likeness (QED) is 0.901. The zero-order valence-electron chi connectivity index (χ0n) is 10.0. The molecule has 2 rings (SSSR count). The minimum Gasteiger partial charge on any atom is -0.396 e. The topological polar surface area (TPSA) is 32.7 Å². The van der Waals surface area contributed by atoms with Crippen LogP contribution in [0.25, 0.3) is 0 Å². The van der Waals surface area contributed by atoms with Crippen LogP contribution in [0, 0.1) is 5.41 Å². The molecule has 1 aromatic rings. The Bertz CT molecular complexity index is 374. The number of aliphatic hydroxyl groups is 1. The molecule has 0 atom stereocenters. The molecule has 0 amide bonds. The van der Waals surface area contributed by atoms with Crippen LogP contribution in [0.1, 0.15) is 5.56 Å². The number of aliphatic hydroxyl groups excluding tert-OH is 1. The van der Waals surface area contributed by atoms with Crippen molar-refractivity contribution in [2.75, 3.05) is 33.4 Å². The lowest BCUT2D eigenvalue weighted by Crippen LogP contribution is -2.52. The third kappa shape index (κ3) is 3.07. The zero-order valence-corrected chi connectivity index (χ0v) is 11.6. The Kier molecular flexibility index (Phi) is 4.20. The predicted octanol–water partition coefficient (Wildman–Crippen LogP) is 1.89. The van der Waals surface area contributed by atoms with Gasteiger partial charge in [0.15, 0.2) is 0 Å². The Morgan fingerprint density at radius 2 is 2.12 bits per heavy atom. The Morgan fingerprint density at radius 3 is 2.65 bits per heavy atom. The summed E-state index contributed by atoms with van der Waals surface area (Å²) in [6.45, 7) is 3.29. The molecule has 1 fully saturated rings. The van der Waals surface area contributed by atoms with Gasteiger partial charge in [-0.25, -0.2) is 0 Å². The first-order valence-electron chi connectivity index (χ1n) is 5.76. The molecule has 0 radical (unpaired) electrons. The van der Waals surface area contributed by atoms with Crippen molar-refractivity contribution in [3.8, 4) is 0 Å². The molecule has 1 aliphatic heterocycles. The lowest BCUT2D eigenvalue weighted by molar-refractivity contribution is -0.147. The van der Waals surface area contributed by atoms with E-state index in [-0.39, 0.29) is 12.0 Å². The van der Waals surface area contributed by atoms with Crippen LogP contribution in [0.4, 0.5) is 0 Å². The van der Waals surface area contributed by atoms with Crippen LogP contribution in [-0.4, -0.2) is 43.4 Å². The highest BCUT2D eigenvalue weighted by Gasteiger charge is 2.38. The average molecular weight is 300 g/mol. The van der Waals surface area contributed by atoms with Gasteiger partial charge in [0.25, 0.3) is 0 Å². The molecule has 1 N–H and O–H groups in total. The third-order valence-corrected chi connectivity index (χ3v) is 3.93. The van der Waals surface area contributed by atoms with Crippen molar-refractivity contribution in [1.82, 2.24) is 4.90 Å². The van der Waals surface area contributed by atoms with Crippen LogP contribution in [0.5, 0.6) is 0 Å². The van der Waals surface area contributed by atoms with Gasteiger partial charge < -0.3 is 14.7 Å². The first-order chi connectivity index (χ1) is 8.15. The number of rotatable bonds is 5. The number of halogens is 1. The van der Waals surface area contributed by atoms with E-state index in [9.17, 15) is 5.11 Å². The van der Waals surface area contributed by atoms with E-state index in [0.717, 1.165) is 17.6 Å². The molecule has 4 heteroatoms. The molecule has 0 spiro atoms. The number of nitrogens with zero attached hydrogens (tertiary/aromatic N) is 1. The van der Waals surface area contributed by atoms with E-state index in [0.29, 0.717) is 13.2 Å². The van der Waals surface area contributed by atoms with E-state index in [1.54, 1.807) is 0 Å². The highest BCUT2D eigenvalue weighted by Crippen LogP contribution is 2.28. The fourth-order valence-electron chi connectivity index (χ4n) is 2.17. The maximum absolute atomic E-state index is 9.39. The van der Waals surface area contributed by atoms with E-state index in [4.69, 9.17) is 4.74 Å². The van der Waals surface area contributed by atoms with Crippen molar-refractivity contribution >= 4 is 15.9 Å². The van der Waals surface area contributed by atoms with Crippen LogP contribution < -0.4 is 0 Å². The largest absolute Gasteiger partial charge is 0.396 e. The lowest BCUT2D eigenvalue weighted by Gasteiger charge is -2.42. The summed E-state index contributed by atoms with van der Waals surface area (Å²) < 4.78 is 6.34. The van der Waals surface area contributed by atoms with E-state index in [1.807, 2.05) is 12.1 Å². The Morgan fingerprint density at radius 1 is 1.41 bits per heavy atom. The number of hydrogen-bond donors (Lipinski definition) is 1. The SMILES string of the molecule is CN(Cc1ccccc1Br)CC1(CO)COC1. The van der Waals surface area contributed by atoms with Crippen LogP contribution in [0.2, 0.25) is 0 Å². The predicted molar refractivity (Wildman–Crippen MR) is 70.8 cm³/mol. The van der Waals surface area contributed by atoms with Gasteiger partial charge in [0, 0.05) is 17.6 Å². The van der Waals surface area contributed by atoms with Gasteiger partial charge in [-0.15, -0.1) is 0 Å². The van der Waals surface area contributed by atoms with Gasteiger partial charge in [-0.05, 0) is 18.7 Å². The highest BCUT2D eigenvalue weighted by molar-refractivity contribution is 9.10. The summed E-state index contributed by atoms with van der Waals surface area (Å²) in [5, 5.41) is 9.39. The number of ether oxygens (including phenoxy) is 1. The zero-order chi connectivity index (χ0) is 12.3. The normalized spacial score (nSPS) is 18.1. The summed E-state index contributed by atoms with van der Waals surface area (Å²) >= 11 is 3.55. The summed E-state index contributed by atoms with van der Waals surface area (Å²) in [5.41, 5.74) is 1.22. The molecular weight excluding hydrogens is 282 g/mol. The van der Waals surface area contributed by atoms with E-state index < -0.39 is 0 Å². The molecule has 17 heavy (non-hydrogen) atoms. The Hall–Kier alpha value is -0.420. The molecule has 1 saturated heterocycles. The van der Waals surface area contributed by atoms with Crippen LogP contribution in [-0.2, 0) is 11.3 Å². The summed E-state index contributed by atoms with van der Waals surface area (Å²) in [4.78, 5) is 2.23. The summed E-state index contributed by atoms with van der Waals surface area (Å²) in [7, 11) is 2.08. The second-order valence-electron chi connectivity index (χ2n) is 4.91. The molecule has 0 aliphatic carbocycles. The molecule has 1 heterocycles. The number of hydrogen-bond acceptors (Lipinski definition) is 3. The molecule has 3 nitrogen and oxygen atoms in total. The first-order valence-corrected chi connectivity index (χ1v) is 6.55. The second kappa shape index (κ2) is 5.48. The smallest absolute Gasteiger partial charge is 0.0579 e. The molecule has 1 aromatic carbocycles. The van der Waals surface area contributed by atoms with Crippen LogP contribution in [0.3, 0.4) is 0 Å². The van der Waals surface area contributed by atoms with Crippen molar-refractivity contribution in [2.45, 2.75) is 6.54 Å². The average Bonchev–Trinajstić information content (AvgIpc) is 2.27. The minimum atomic E-state index is -0.0456. The third-order valence-electron chi connectivity index (χ3n) is 3.16. The second-order valence-corrected chi connectivity index (χ2v) is 5.77. The molecule has 1 aliphatic rings. The fourth-order valence-corrected chi connectivity index (χ4v) is 2.58. The molecule has 0 unspecified atom stereocenters. The number of benzene rings is 1. The highest BCUT2D eigenvalue weighted by atomic mass is 79.9. The van der Waals surface area contributed by atoms with Crippen molar-refractivity contribution < 1.29 is 9.84 Å². The van der Waals surface area contributed by atoms with Crippen molar-refractivity contribution in [1.29, 1.82) is 0 Å². The van der Waals surface area contributed by atoms with Crippen molar-refractivity contribution in [3.63, 3.8) is 0 Å². The summed E-state index contributed by atoms with van der Waals surface area (Å²) in [5.74, 6) is 0. The molecule has 0 bridgehead atoms. The van der Waals surface area contributed by atoms with E-state index in [1.165, 1.54) is 5.56 Å². The van der Waals surface area contributed by atoms with E-state index >= 15 is 0 Å². The molecule has 0 saturated carbocycles. The Labute approximate surface area is 111 Å². The van der Waals surface area contributed by atoms with Crippen molar-refractivity contribution in [2.24, 2.45) is 5.41 Å². The van der Waals surface area contributed by atoms with Gasteiger partial charge in [-0.3, -0.25) is 0 Å². The fraction of sp³-hybridized carbons (Fsp3) is 0.538. The standard InChI is InChI=1S/C13H18BrNO2/c1-15(7-13(8-16)9-17-10-13)6-11-4-2-3-5-12(11)14/h2-5,16H,6-10H2,1H3. The molecule has 0 aromatic heterocycles. The molecular formula is C13H18BrNO2. The summed E-state index contributed by atoms with van der Waals surface area (Å²) in [6.07, 6.45) is 0.